The summed E-state index contributed by atoms with van der Waals surface area (Å²) in [6, 6.07) is 13.9. The lowest BCUT2D eigenvalue weighted by Crippen LogP contribution is -2.52. The first-order valence-electron chi connectivity index (χ1n) is 12.0. The predicted molar refractivity (Wildman–Crippen MR) is 138 cm³/mol. The number of amides is 1. The van der Waals surface area contributed by atoms with Gasteiger partial charge in [-0.25, -0.2) is 24.0 Å². The number of rotatable bonds is 5. The quantitative estimate of drug-likeness (QED) is 0.394. The molecule has 0 spiro atoms. The van der Waals surface area contributed by atoms with E-state index < -0.39 is 0 Å². The van der Waals surface area contributed by atoms with Crippen molar-refractivity contribution < 1.29 is 9.18 Å². The van der Waals surface area contributed by atoms with Crippen LogP contribution in [-0.2, 0) is 4.79 Å². The van der Waals surface area contributed by atoms with Crippen LogP contribution in [0.3, 0.4) is 0 Å². The summed E-state index contributed by atoms with van der Waals surface area (Å²) in [7, 11) is 0. The minimum Gasteiger partial charge on any atom is -0.355 e. The van der Waals surface area contributed by atoms with Crippen molar-refractivity contribution in [2.75, 3.05) is 23.3 Å². The lowest BCUT2D eigenvalue weighted by molar-refractivity contribution is -0.120. The van der Waals surface area contributed by atoms with Crippen LogP contribution in [0, 0.1) is 32.5 Å². The first-order valence-corrected chi connectivity index (χ1v) is 12.0. The van der Waals surface area contributed by atoms with E-state index in [1.165, 1.54) is 18.5 Å². The van der Waals surface area contributed by atoms with E-state index in [1.807, 2.05) is 60.5 Å². The maximum absolute atomic E-state index is 13.5. The van der Waals surface area contributed by atoms with Crippen LogP contribution in [0.4, 0.5) is 16.0 Å². The Morgan fingerprint density at radius 1 is 1.03 bits per heavy atom. The van der Waals surface area contributed by atoms with Crippen LogP contribution in [-0.4, -0.2) is 48.1 Å². The van der Waals surface area contributed by atoms with Crippen molar-refractivity contribution in [2.45, 2.75) is 20.8 Å². The summed E-state index contributed by atoms with van der Waals surface area (Å²) in [5, 5.41) is 7.58. The molecule has 0 saturated carbocycles. The number of hydrogen-bond donors (Lipinski definition) is 1. The van der Waals surface area contributed by atoms with Gasteiger partial charge in [-0.15, -0.1) is 0 Å². The van der Waals surface area contributed by atoms with E-state index in [1.54, 1.807) is 16.8 Å². The molecular formula is C27H25FN8O. The number of carbonyl (C=O) groups excluding carboxylic acids is 1. The molecule has 1 amide bonds. The molecule has 1 aromatic carbocycles. The van der Waals surface area contributed by atoms with Crippen LogP contribution < -0.4 is 10.2 Å². The molecule has 1 saturated heterocycles. The van der Waals surface area contributed by atoms with E-state index in [4.69, 9.17) is 4.98 Å². The monoisotopic (exact) mass is 496 g/mol. The van der Waals surface area contributed by atoms with E-state index in [9.17, 15) is 9.18 Å². The second-order valence-electron chi connectivity index (χ2n) is 9.37. The highest BCUT2D eigenvalue weighted by atomic mass is 19.1. The summed E-state index contributed by atoms with van der Waals surface area (Å²) in [6.45, 7) is 6.95. The normalized spacial score (nSPS) is 13.7. The summed E-state index contributed by atoms with van der Waals surface area (Å²) in [5.74, 6) is 1.36. The van der Waals surface area contributed by atoms with Crippen molar-refractivity contribution >= 4 is 23.2 Å². The van der Waals surface area contributed by atoms with Gasteiger partial charge in [-0.3, -0.25) is 9.20 Å². The number of carbonyl (C=O) groups is 1. The number of pyridine rings is 1. The number of hydrogen-bond acceptors (Lipinski definition) is 6. The van der Waals surface area contributed by atoms with E-state index in [0.717, 1.165) is 34.0 Å². The Balaban J connectivity index is 1.22. The summed E-state index contributed by atoms with van der Waals surface area (Å²) in [5.41, 5.74) is 4.95. The molecule has 0 aliphatic carbocycles. The Kier molecular flexibility index (Phi) is 5.44. The number of benzene rings is 1. The lowest BCUT2D eigenvalue weighted by atomic mass is 9.99. The smallest absolute Gasteiger partial charge is 0.232 e. The van der Waals surface area contributed by atoms with Gasteiger partial charge in [0.15, 0.2) is 5.82 Å². The third-order valence-electron chi connectivity index (χ3n) is 6.65. The standard InChI is InChI=1S/C27H25FN8O/c1-16-5-4-10-35-25(16)31-24(19-6-8-21(28)9-7-19)26(35)32-27(37)20-13-34(14-20)22-12-23(30-15-29-22)36-18(3)11-17(2)33-36/h4-12,15,20H,13-14H2,1-3H3,(H,32,37). The van der Waals surface area contributed by atoms with Crippen molar-refractivity contribution in [3.05, 3.63) is 83.8 Å². The highest BCUT2D eigenvalue weighted by Gasteiger charge is 2.35. The molecule has 6 rings (SSSR count). The third kappa shape index (κ3) is 4.10. The van der Waals surface area contributed by atoms with Gasteiger partial charge in [-0.2, -0.15) is 5.10 Å². The van der Waals surface area contributed by atoms with Crippen molar-refractivity contribution in [3.63, 3.8) is 0 Å². The highest BCUT2D eigenvalue weighted by molar-refractivity contribution is 5.97. The number of anilines is 2. The van der Waals surface area contributed by atoms with E-state index >= 15 is 0 Å². The molecule has 37 heavy (non-hydrogen) atoms. The minimum atomic E-state index is -0.324. The van der Waals surface area contributed by atoms with Gasteiger partial charge in [0.2, 0.25) is 5.91 Å². The van der Waals surface area contributed by atoms with Crippen LogP contribution in [0.15, 0.2) is 61.1 Å². The number of nitrogens with zero attached hydrogens (tertiary/aromatic N) is 7. The lowest BCUT2D eigenvalue weighted by Gasteiger charge is -2.39. The second-order valence-corrected chi connectivity index (χ2v) is 9.37. The number of aryl methyl sites for hydroxylation is 3. The molecule has 1 aliphatic heterocycles. The maximum Gasteiger partial charge on any atom is 0.232 e. The number of imidazole rings is 1. The van der Waals surface area contributed by atoms with Gasteiger partial charge in [0, 0.05) is 36.6 Å². The molecule has 186 valence electrons. The SMILES string of the molecule is Cc1cc(C)n(-c2cc(N3CC(C(=O)Nc4c(-c5ccc(F)cc5)nc5c(C)cccn45)C3)ncn2)n1. The topological polar surface area (TPSA) is 93.2 Å². The van der Waals surface area contributed by atoms with Crippen molar-refractivity contribution in [1.82, 2.24) is 29.1 Å². The maximum atomic E-state index is 13.5. The highest BCUT2D eigenvalue weighted by Crippen LogP contribution is 2.32. The minimum absolute atomic E-state index is 0.101. The van der Waals surface area contributed by atoms with Gasteiger partial charge in [-0.1, -0.05) is 6.07 Å². The van der Waals surface area contributed by atoms with Gasteiger partial charge in [0.25, 0.3) is 0 Å². The molecule has 5 heterocycles. The van der Waals surface area contributed by atoms with Gasteiger partial charge >= 0.3 is 0 Å². The Bertz CT molecular complexity index is 1630. The zero-order chi connectivity index (χ0) is 25.7. The number of nitrogens with one attached hydrogen (secondary N) is 1. The summed E-state index contributed by atoms with van der Waals surface area (Å²) in [6.07, 6.45) is 3.39. The van der Waals surface area contributed by atoms with Gasteiger partial charge in [0.05, 0.1) is 11.6 Å². The molecule has 1 N–H and O–H groups in total. The van der Waals surface area contributed by atoms with E-state index in [-0.39, 0.29) is 17.6 Å². The van der Waals surface area contributed by atoms with Crippen LogP contribution in [0.2, 0.25) is 0 Å². The average molecular weight is 497 g/mol. The molecule has 5 aromatic rings. The fourth-order valence-electron chi connectivity index (χ4n) is 4.67. The number of aromatic nitrogens is 6. The van der Waals surface area contributed by atoms with Crippen molar-refractivity contribution in [2.24, 2.45) is 5.92 Å². The van der Waals surface area contributed by atoms with E-state index in [0.29, 0.717) is 30.4 Å². The Labute approximate surface area is 212 Å². The molecule has 0 radical (unpaired) electrons. The predicted octanol–water partition coefficient (Wildman–Crippen LogP) is 4.12. The number of halogens is 1. The average Bonchev–Trinajstić information content (AvgIpc) is 3.39. The van der Waals surface area contributed by atoms with Crippen LogP contribution in [0.1, 0.15) is 17.0 Å². The molecular weight excluding hydrogens is 471 g/mol. The Hall–Kier alpha value is -4.60. The second kappa shape index (κ2) is 8.81. The van der Waals surface area contributed by atoms with Gasteiger partial charge in [-0.05, 0) is 62.7 Å². The fourth-order valence-corrected chi connectivity index (χ4v) is 4.67. The molecule has 0 atom stereocenters. The molecule has 0 unspecified atom stereocenters. The first-order chi connectivity index (χ1) is 17.9. The van der Waals surface area contributed by atoms with Crippen LogP contribution in [0.5, 0.6) is 0 Å². The largest absolute Gasteiger partial charge is 0.355 e. The number of fused-ring (bicyclic) bond motifs is 1. The van der Waals surface area contributed by atoms with Crippen molar-refractivity contribution in [3.8, 4) is 17.1 Å². The molecule has 10 heteroatoms. The van der Waals surface area contributed by atoms with Gasteiger partial charge < -0.3 is 10.2 Å². The van der Waals surface area contributed by atoms with Crippen molar-refractivity contribution in [1.29, 1.82) is 0 Å². The molecule has 4 aromatic heterocycles. The van der Waals surface area contributed by atoms with Crippen LogP contribution in [0.25, 0.3) is 22.7 Å². The third-order valence-corrected chi connectivity index (χ3v) is 6.65. The molecule has 0 bridgehead atoms. The first kappa shape index (κ1) is 22.8. The fraction of sp³-hybridized carbons (Fsp3) is 0.222. The Morgan fingerprint density at radius 2 is 1.78 bits per heavy atom. The van der Waals surface area contributed by atoms with E-state index in [2.05, 4.69) is 20.4 Å². The zero-order valence-corrected chi connectivity index (χ0v) is 20.7. The molecule has 1 aliphatic rings. The molecule has 1 fully saturated rings. The summed E-state index contributed by atoms with van der Waals surface area (Å²) < 4.78 is 17.2. The van der Waals surface area contributed by atoms with Crippen LogP contribution >= 0.6 is 0 Å². The summed E-state index contributed by atoms with van der Waals surface area (Å²) in [4.78, 5) is 28.9. The Morgan fingerprint density at radius 3 is 2.51 bits per heavy atom. The molecule has 9 nitrogen and oxygen atoms in total. The summed E-state index contributed by atoms with van der Waals surface area (Å²) >= 11 is 0. The van der Waals surface area contributed by atoms with Gasteiger partial charge in [0.1, 0.15) is 35.1 Å². The zero-order valence-electron chi connectivity index (χ0n) is 20.7.